The Bertz CT molecular complexity index is 92.7. The Hall–Kier alpha value is 0.592. The molecule has 0 aliphatic carbocycles. The minimum atomic E-state index is -5.17. The fourth-order valence-corrected chi connectivity index (χ4v) is 0. The maximum atomic E-state index is 8.52. The Labute approximate surface area is 82.7 Å². The third-order valence-electron chi connectivity index (χ3n) is 0. The third kappa shape index (κ3) is 2230. The van der Waals surface area contributed by atoms with E-state index in [-0.39, 0.29) is 54.7 Å². The van der Waals surface area contributed by atoms with Crippen molar-refractivity contribution in [2.24, 2.45) is 0 Å². The summed E-state index contributed by atoms with van der Waals surface area (Å²) in [5.74, 6) is 0. The number of rotatable bonds is 0. The third-order valence-corrected chi connectivity index (χ3v) is 0. The first-order chi connectivity index (χ1) is 2.00. The molecule has 0 radical (unpaired) electrons. The second kappa shape index (κ2) is 22.4. The molecule has 0 spiro atoms. The van der Waals surface area contributed by atoms with Crippen molar-refractivity contribution in [3.63, 3.8) is 0 Å². The van der Waals surface area contributed by atoms with Crippen LogP contribution in [0.15, 0.2) is 0 Å². The van der Waals surface area contributed by atoms with Crippen molar-refractivity contribution < 1.29 is 72.2 Å². The van der Waals surface area contributed by atoms with Crippen molar-refractivity contribution in [2.75, 3.05) is 0 Å². The summed E-state index contributed by atoms with van der Waals surface area (Å²) in [5, 5.41) is 0. The van der Waals surface area contributed by atoms with E-state index in [0.717, 1.165) is 0 Å². The molecule has 0 unspecified atom stereocenters. The smallest absolute Gasteiger partial charge is 0.759 e. The van der Waals surface area contributed by atoms with E-state index >= 15 is 0 Å². The van der Waals surface area contributed by atoms with Gasteiger partial charge >= 0.3 is 27.3 Å². The van der Waals surface area contributed by atoms with Gasteiger partial charge in [-0.2, -0.15) is 0 Å². The van der Waals surface area contributed by atoms with E-state index in [2.05, 4.69) is 0 Å². The van der Waals surface area contributed by atoms with Crippen LogP contribution in [0.2, 0.25) is 0 Å². The van der Waals surface area contributed by atoms with Crippen molar-refractivity contribution in [3.8, 4) is 0 Å². The van der Waals surface area contributed by atoms with Gasteiger partial charge in [-0.3, -0.25) is 8.42 Å². The topological polar surface area (TPSA) is 238 Å². The SMILES string of the molecule is O.O.O.O.O.O=S(=O)([O-])[O-].[Cd+2]. The number of hydrogen-bond acceptors (Lipinski definition) is 4. The van der Waals surface area contributed by atoms with Crippen molar-refractivity contribution in [2.45, 2.75) is 0 Å². The minimum Gasteiger partial charge on any atom is -0.759 e. The minimum absolute atomic E-state index is 0. The molecule has 0 saturated carbocycles. The summed E-state index contributed by atoms with van der Waals surface area (Å²) in [6.07, 6.45) is 0. The fraction of sp³-hybridized carbons (Fsp3) is 0. The Kier molecular flexibility index (Phi) is 126. The first-order valence-electron chi connectivity index (χ1n) is 0.667. The predicted octanol–water partition coefficient (Wildman–Crippen LogP) is -5.46. The zero-order chi connectivity index (χ0) is 4.50. The molecule has 11 heteroatoms. The van der Waals surface area contributed by atoms with Crippen LogP contribution in [0.3, 0.4) is 0 Å². The van der Waals surface area contributed by atoms with Crippen molar-refractivity contribution in [1.29, 1.82) is 0 Å². The zero-order valence-corrected chi connectivity index (χ0v) is 10.1. The van der Waals surface area contributed by atoms with E-state index in [1.165, 1.54) is 0 Å². The summed E-state index contributed by atoms with van der Waals surface area (Å²) in [6, 6.07) is 0. The van der Waals surface area contributed by atoms with Gasteiger partial charge in [0.05, 0.1) is 0 Å². The molecule has 0 aromatic carbocycles. The molecule has 0 heterocycles. The Balaban J connectivity index is -0.00000000533. The molecule has 0 aromatic heterocycles. The molecule has 0 amide bonds. The van der Waals surface area contributed by atoms with Gasteiger partial charge in [0.1, 0.15) is 0 Å². The Morgan fingerprint density at radius 1 is 0.727 bits per heavy atom. The molecule has 0 aromatic rings. The van der Waals surface area contributed by atoms with Crippen LogP contribution in [0.1, 0.15) is 0 Å². The second-order valence-electron chi connectivity index (χ2n) is 0.408. The van der Waals surface area contributed by atoms with Gasteiger partial charge in [-0.05, 0) is 0 Å². The average Bonchev–Trinajstić information content (AvgIpc) is 0.722. The van der Waals surface area contributed by atoms with Crippen LogP contribution in [-0.4, -0.2) is 44.9 Å². The van der Waals surface area contributed by atoms with Gasteiger partial charge in [-0.15, -0.1) is 0 Å². The fourth-order valence-electron chi connectivity index (χ4n) is 0. The second-order valence-corrected chi connectivity index (χ2v) is 1.22. The molecule has 0 rings (SSSR count). The monoisotopic (exact) mass is 300 g/mol. The van der Waals surface area contributed by atoms with Gasteiger partial charge < -0.3 is 36.5 Å². The molecule has 0 bridgehead atoms. The normalized spacial score (nSPS) is 5.27. The van der Waals surface area contributed by atoms with E-state index in [0.29, 0.717) is 0 Å². The molecule has 0 aliphatic heterocycles. The summed E-state index contributed by atoms with van der Waals surface area (Å²) >= 11 is 0. The molecular weight excluding hydrogens is 288 g/mol. The van der Waals surface area contributed by atoms with E-state index in [1.807, 2.05) is 0 Å². The van der Waals surface area contributed by atoms with Crippen LogP contribution in [0.4, 0.5) is 0 Å². The van der Waals surface area contributed by atoms with Gasteiger partial charge in [0.15, 0.2) is 0 Å². The molecule has 9 nitrogen and oxygen atoms in total. The van der Waals surface area contributed by atoms with E-state index in [1.54, 1.807) is 0 Å². The van der Waals surface area contributed by atoms with E-state index < -0.39 is 10.4 Å². The summed E-state index contributed by atoms with van der Waals surface area (Å²) < 4.78 is 34.1. The largest absolute Gasteiger partial charge is 2.00 e. The predicted molar refractivity (Wildman–Crippen MR) is 28.5 cm³/mol. The van der Waals surface area contributed by atoms with Gasteiger partial charge in [0, 0.05) is 10.4 Å². The van der Waals surface area contributed by atoms with Gasteiger partial charge in [-0.1, -0.05) is 0 Å². The summed E-state index contributed by atoms with van der Waals surface area (Å²) in [4.78, 5) is 0. The van der Waals surface area contributed by atoms with Gasteiger partial charge in [0.25, 0.3) is 0 Å². The maximum absolute atomic E-state index is 8.52. The van der Waals surface area contributed by atoms with Crippen LogP contribution in [0, 0.1) is 0 Å². The van der Waals surface area contributed by atoms with E-state index in [9.17, 15) is 0 Å². The summed E-state index contributed by atoms with van der Waals surface area (Å²) in [7, 11) is -5.17. The molecule has 10 N–H and O–H groups in total. The zero-order valence-electron chi connectivity index (χ0n) is 5.25. The molecule has 0 atom stereocenters. The van der Waals surface area contributed by atoms with E-state index in [4.69, 9.17) is 17.5 Å². The quantitative estimate of drug-likeness (QED) is 0.241. The van der Waals surface area contributed by atoms with Crippen LogP contribution < -0.4 is 0 Å². The van der Waals surface area contributed by atoms with Crippen LogP contribution >= 0.6 is 0 Å². The Morgan fingerprint density at radius 3 is 0.727 bits per heavy atom. The van der Waals surface area contributed by atoms with Gasteiger partial charge in [0.2, 0.25) is 0 Å². The van der Waals surface area contributed by atoms with Gasteiger partial charge in [-0.25, -0.2) is 0 Å². The first kappa shape index (κ1) is 61.7. The maximum Gasteiger partial charge on any atom is 2.00 e. The van der Waals surface area contributed by atoms with Crippen LogP contribution in [0.5, 0.6) is 0 Å². The standard InChI is InChI=1S/Cd.H2O4S.5H2O/c;1-5(2,3)4;;;;;/h;(H2,1,2,3,4);5*1H2/q+2;;;;;;/p-2. The average molecular weight is 299 g/mol. The molecule has 0 fully saturated rings. The van der Waals surface area contributed by atoms with Crippen molar-refractivity contribution >= 4 is 10.4 Å². The van der Waals surface area contributed by atoms with Crippen LogP contribution in [0.25, 0.3) is 0 Å². The summed E-state index contributed by atoms with van der Waals surface area (Å²) in [5.41, 5.74) is 0. The molecule has 0 aliphatic rings. The number of hydrogen-bond donors (Lipinski definition) is 0. The van der Waals surface area contributed by atoms with Crippen molar-refractivity contribution in [3.05, 3.63) is 0 Å². The Morgan fingerprint density at radius 2 is 0.727 bits per heavy atom. The van der Waals surface area contributed by atoms with Crippen molar-refractivity contribution in [1.82, 2.24) is 0 Å². The molecule has 72 valence electrons. The summed E-state index contributed by atoms with van der Waals surface area (Å²) in [6.45, 7) is 0. The molecule has 11 heavy (non-hydrogen) atoms. The molecule has 0 saturated heterocycles. The van der Waals surface area contributed by atoms with Crippen LogP contribution in [-0.2, 0) is 37.7 Å². The first-order valence-corrected chi connectivity index (χ1v) is 2.00. The molecular formula is H10CdO9S.